The fourth-order valence-electron chi connectivity index (χ4n) is 3.35. The fourth-order valence-corrected chi connectivity index (χ4v) is 3.35. The molecule has 1 fully saturated rings. The zero-order chi connectivity index (χ0) is 14.2. The molecular formula is C16H24N4. The van der Waals surface area contributed by atoms with Gasteiger partial charge in [-0.25, -0.2) is 9.97 Å². The molecular weight excluding hydrogens is 248 g/mol. The lowest BCUT2D eigenvalue weighted by atomic mass is 9.90. The van der Waals surface area contributed by atoms with Gasteiger partial charge >= 0.3 is 0 Å². The van der Waals surface area contributed by atoms with Gasteiger partial charge in [0.15, 0.2) is 5.65 Å². The van der Waals surface area contributed by atoms with Crippen molar-refractivity contribution in [3.63, 3.8) is 0 Å². The van der Waals surface area contributed by atoms with Gasteiger partial charge in [0, 0.05) is 12.2 Å². The third-order valence-electron chi connectivity index (χ3n) is 4.41. The van der Waals surface area contributed by atoms with E-state index in [1.54, 1.807) is 0 Å². The zero-order valence-corrected chi connectivity index (χ0v) is 12.5. The number of rotatable bonds is 2. The first-order chi connectivity index (χ1) is 9.62. The number of nitrogens with zero attached hydrogens (tertiary/aromatic N) is 3. The van der Waals surface area contributed by atoms with Crippen molar-refractivity contribution in [3.05, 3.63) is 24.2 Å². The van der Waals surface area contributed by atoms with Crippen molar-refractivity contribution in [2.24, 2.45) is 5.73 Å². The minimum Gasteiger partial charge on any atom is -0.319 e. The Hall–Kier alpha value is -1.42. The van der Waals surface area contributed by atoms with Crippen molar-refractivity contribution in [2.75, 3.05) is 0 Å². The summed E-state index contributed by atoms with van der Waals surface area (Å²) in [6, 6.07) is 4.30. The number of hydrogen-bond donors (Lipinski definition) is 1. The maximum Gasteiger partial charge on any atom is 0.160 e. The van der Waals surface area contributed by atoms with Crippen LogP contribution in [-0.2, 0) is 5.54 Å². The zero-order valence-electron chi connectivity index (χ0n) is 12.5. The van der Waals surface area contributed by atoms with E-state index in [4.69, 9.17) is 10.7 Å². The highest BCUT2D eigenvalue weighted by molar-refractivity contribution is 5.71. The van der Waals surface area contributed by atoms with E-state index in [-0.39, 0.29) is 5.54 Å². The van der Waals surface area contributed by atoms with Crippen LogP contribution in [0.15, 0.2) is 18.3 Å². The van der Waals surface area contributed by atoms with Crippen molar-refractivity contribution in [1.82, 2.24) is 14.5 Å². The van der Waals surface area contributed by atoms with Crippen molar-refractivity contribution < 1.29 is 0 Å². The molecule has 108 valence electrons. The second kappa shape index (κ2) is 5.17. The fraction of sp³-hybridized carbons (Fsp3) is 0.625. The summed E-state index contributed by atoms with van der Waals surface area (Å²) in [6.07, 6.45) is 8.88. The number of fused-ring (bicyclic) bond motifs is 1. The second-order valence-corrected chi connectivity index (χ2v) is 6.32. The molecule has 0 aliphatic heterocycles. The Morgan fingerprint density at radius 3 is 2.55 bits per heavy atom. The van der Waals surface area contributed by atoms with Crippen LogP contribution in [0.5, 0.6) is 0 Å². The van der Waals surface area contributed by atoms with Crippen molar-refractivity contribution in [1.29, 1.82) is 0 Å². The van der Waals surface area contributed by atoms with Crippen LogP contribution in [0.2, 0.25) is 0 Å². The van der Waals surface area contributed by atoms with E-state index in [9.17, 15) is 0 Å². The Bertz CT molecular complexity index is 592. The Balaban J connectivity index is 2.16. The Labute approximate surface area is 120 Å². The highest BCUT2D eigenvalue weighted by Gasteiger charge is 2.34. The van der Waals surface area contributed by atoms with Gasteiger partial charge in [-0.05, 0) is 38.8 Å². The molecule has 0 saturated heterocycles. The SMILES string of the molecule is CC(C)n1c(C2(N)CCCCCC2)nc2cccnc21. The quantitative estimate of drug-likeness (QED) is 0.851. The molecule has 4 heteroatoms. The standard InChI is InChI=1S/C16H24N4/c1-12(2)20-14-13(8-7-11-18-14)19-15(20)16(17)9-5-3-4-6-10-16/h7-8,11-12H,3-6,9-10,17H2,1-2H3. The van der Waals surface area contributed by atoms with Gasteiger partial charge in [0.2, 0.25) is 0 Å². The highest BCUT2D eigenvalue weighted by Crippen LogP contribution is 2.35. The summed E-state index contributed by atoms with van der Waals surface area (Å²) in [5.41, 5.74) is 8.41. The predicted molar refractivity (Wildman–Crippen MR) is 81.5 cm³/mol. The van der Waals surface area contributed by atoms with E-state index >= 15 is 0 Å². The molecule has 0 radical (unpaired) electrons. The highest BCUT2D eigenvalue weighted by atomic mass is 15.2. The van der Waals surface area contributed by atoms with Gasteiger partial charge in [-0.3, -0.25) is 0 Å². The maximum absolute atomic E-state index is 6.77. The van der Waals surface area contributed by atoms with Crippen LogP contribution >= 0.6 is 0 Å². The summed E-state index contributed by atoms with van der Waals surface area (Å²) < 4.78 is 2.24. The molecule has 2 aromatic heterocycles. The lowest BCUT2D eigenvalue weighted by Gasteiger charge is -2.29. The summed E-state index contributed by atoms with van der Waals surface area (Å²) >= 11 is 0. The van der Waals surface area contributed by atoms with Crippen molar-refractivity contribution in [3.8, 4) is 0 Å². The van der Waals surface area contributed by atoms with Crippen LogP contribution in [0.4, 0.5) is 0 Å². The van der Waals surface area contributed by atoms with Crippen LogP contribution in [-0.4, -0.2) is 14.5 Å². The van der Waals surface area contributed by atoms with E-state index in [0.29, 0.717) is 6.04 Å². The van der Waals surface area contributed by atoms with Gasteiger partial charge < -0.3 is 10.3 Å². The molecule has 0 atom stereocenters. The summed E-state index contributed by atoms with van der Waals surface area (Å²) in [7, 11) is 0. The Morgan fingerprint density at radius 1 is 1.20 bits per heavy atom. The van der Waals surface area contributed by atoms with Crippen LogP contribution in [0, 0.1) is 0 Å². The van der Waals surface area contributed by atoms with Gasteiger partial charge in [0.25, 0.3) is 0 Å². The minimum absolute atomic E-state index is 0.290. The van der Waals surface area contributed by atoms with Gasteiger partial charge in [0.1, 0.15) is 11.3 Å². The molecule has 0 aromatic carbocycles. The first-order valence-corrected chi connectivity index (χ1v) is 7.74. The largest absolute Gasteiger partial charge is 0.319 e. The molecule has 2 N–H and O–H groups in total. The molecule has 0 spiro atoms. The molecule has 1 aliphatic rings. The smallest absolute Gasteiger partial charge is 0.160 e. The molecule has 0 unspecified atom stereocenters. The monoisotopic (exact) mass is 272 g/mol. The minimum atomic E-state index is -0.290. The van der Waals surface area contributed by atoms with Gasteiger partial charge in [-0.15, -0.1) is 0 Å². The average molecular weight is 272 g/mol. The normalized spacial score (nSPS) is 19.4. The molecule has 0 amide bonds. The van der Waals surface area contributed by atoms with E-state index < -0.39 is 0 Å². The lowest BCUT2D eigenvalue weighted by molar-refractivity contribution is 0.341. The number of pyridine rings is 1. The number of hydrogen-bond acceptors (Lipinski definition) is 3. The first kappa shape index (κ1) is 13.6. The molecule has 0 bridgehead atoms. The van der Waals surface area contributed by atoms with E-state index in [0.717, 1.165) is 29.8 Å². The molecule has 4 nitrogen and oxygen atoms in total. The van der Waals surface area contributed by atoms with Gasteiger partial charge in [-0.1, -0.05) is 25.7 Å². The van der Waals surface area contributed by atoms with Crippen LogP contribution in [0.25, 0.3) is 11.2 Å². The van der Waals surface area contributed by atoms with Gasteiger partial charge in [0.05, 0.1) is 5.54 Å². The van der Waals surface area contributed by atoms with Crippen LogP contribution in [0.3, 0.4) is 0 Å². The number of imidazole rings is 1. The topological polar surface area (TPSA) is 56.7 Å². The van der Waals surface area contributed by atoms with Crippen molar-refractivity contribution in [2.45, 2.75) is 64.0 Å². The Morgan fingerprint density at radius 2 is 1.90 bits per heavy atom. The van der Waals surface area contributed by atoms with Crippen LogP contribution < -0.4 is 5.73 Å². The van der Waals surface area contributed by atoms with E-state index in [1.165, 1.54) is 25.7 Å². The summed E-state index contributed by atoms with van der Waals surface area (Å²) in [6.45, 7) is 4.36. The lowest BCUT2D eigenvalue weighted by Crippen LogP contribution is -2.39. The summed E-state index contributed by atoms with van der Waals surface area (Å²) in [5.74, 6) is 1.03. The summed E-state index contributed by atoms with van der Waals surface area (Å²) in [4.78, 5) is 9.36. The number of nitrogens with two attached hydrogens (primary N) is 1. The first-order valence-electron chi connectivity index (χ1n) is 7.74. The van der Waals surface area contributed by atoms with E-state index in [2.05, 4.69) is 23.4 Å². The Kier molecular flexibility index (Phi) is 3.50. The molecule has 3 rings (SSSR count). The second-order valence-electron chi connectivity index (χ2n) is 6.32. The molecule has 1 saturated carbocycles. The molecule has 20 heavy (non-hydrogen) atoms. The number of aromatic nitrogens is 3. The molecule has 2 heterocycles. The third-order valence-corrected chi connectivity index (χ3v) is 4.41. The van der Waals surface area contributed by atoms with Crippen LogP contribution in [0.1, 0.15) is 64.2 Å². The predicted octanol–water partition coefficient (Wildman–Crippen LogP) is 3.52. The van der Waals surface area contributed by atoms with E-state index in [1.807, 2.05) is 18.3 Å². The maximum atomic E-state index is 6.77. The summed E-state index contributed by atoms with van der Waals surface area (Å²) in [5, 5.41) is 0. The average Bonchev–Trinajstić information content (AvgIpc) is 2.69. The van der Waals surface area contributed by atoms with Gasteiger partial charge in [-0.2, -0.15) is 0 Å². The molecule has 1 aliphatic carbocycles. The van der Waals surface area contributed by atoms with Crippen molar-refractivity contribution >= 4 is 11.2 Å². The third kappa shape index (κ3) is 2.22. The molecule has 2 aromatic rings.